The molecule has 0 aliphatic carbocycles. The van der Waals surface area contributed by atoms with Gasteiger partial charge < -0.3 is 20.4 Å². The molecule has 14 heteroatoms. The molecule has 0 fully saturated rings. The molecule has 14 nitrogen and oxygen atoms in total. The maximum atomic E-state index is 14.7. The number of nitro groups is 2. The molecule has 0 saturated carbocycles. The van der Waals surface area contributed by atoms with E-state index in [0.717, 1.165) is 11.1 Å². The highest BCUT2D eigenvalue weighted by Gasteiger charge is 2.41. The van der Waals surface area contributed by atoms with Crippen LogP contribution in [0.3, 0.4) is 0 Å². The van der Waals surface area contributed by atoms with E-state index in [1.54, 1.807) is 60.7 Å². The standard InChI is InChI=1S/C48H40N6O8/c55-45-43(51(31-35-19-9-3-10-20-35)41(37-23-13-25-39(27-37)53(59)60)47(57)49-29-33-15-5-1-6-16-33)44(46(45)56)52(32-36-21-11-4-12-22-36)42(38-24-14-26-40(28-38)54(61)62)48(58)50-30-34-17-7-2-8-18-34/h1-28,41-42H,29-32H2,(H,49,57)(H,50,58). The number of carbonyl (C=O) groups is 2. The van der Waals surface area contributed by atoms with E-state index in [9.17, 15) is 39.4 Å². The molecule has 2 N–H and O–H groups in total. The molecule has 7 rings (SSSR count). The number of non-ortho nitro benzene ring substituents is 2. The lowest BCUT2D eigenvalue weighted by molar-refractivity contribution is -0.385. The summed E-state index contributed by atoms with van der Waals surface area (Å²) in [6, 6.07) is 44.1. The van der Waals surface area contributed by atoms with Crippen molar-refractivity contribution in [3.63, 3.8) is 0 Å². The fraction of sp³-hybridized carbons (Fsp3) is 0.125. The van der Waals surface area contributed by atoms with Crippen molar-refractivity contribution in [2.45, 2.75) is 38.3 Å². The van der Waals surface area contributed by atoms with Crippen molar-refractivity contribution < 1.29 is 19.4 Å². The number of rotatable bonds is 18. The normalized spacial score (nSPS) is 11.9. The minimum Gasteiger partial charge on any atom is -0.350 e. The Morgan fingerprint density at radius 2 is 0.790 bits per heavy atom. The smallest absolute Gasteiger partial charge is 0.269 e. The molecule has 0 aliphatic rings. The first-order valence-electron chi connectivity index (χ1n) is 19.7. The monoisotopic (exact) mass is 828 g/mol. The molecule has 0 radical (unpaired) electrons. The number of benzene rings is 6. The lowest BCUT2D eigenvalue weighted by Crippen LogP contribution is -2.51. The predicted molar refractivity (Wildman–Crippen MR) is 235 cm³/mol. The number of amides is 2. The van der Waals surface area contributed by atoms with Crippen molar-refractivity contribution in [1.29, 1.82) is 0 Å². The Balaban J connectivity index is 1.44. The fourth-order valence-electron chi connectivity index (χ4n) is 7.39. The highest BCUT2D eigenvalue weighted by molar-refractivity contribution is 5.92. The van der Waals surface area contributed by atoms with E-state index in [1.165, 1.54) is 58.3 Å². The summed E-state index contributed by atoms with van der Waals surface area (Å²) in [6.07, 6.45) is 0. The van der Waals surface area contributed by atoms with Crippen molar-refractivity contribution in [2.24, 2.45) is 0 Å². The van der Waals surface area contributed by atoms with Gasteiger partial charge >= 0.3 is 0 Å². The average Bonchev–Trinajstić information content (AvgIpc) is 3.30. The van der Waals surface area contributed by atoms with Gasteiger partial charge in [-0.2, -0.15) is 0 Å². The van der Waals surface area contributed by atoms with E-state index in [2.05, 4.69) is 10.6 Å². The lowest BCUT2D eigenvalue weighted by Gasteiger charge is -2.39. The van der Waals surface area contributed by atoms with Gasteiger partial charge in [0.1, 0.15) is 23.5 Å². The number of carbonyl (C=O) groups excluding carboxylic acids is 2. The number of nitrogens with one attached hydrogen (secondary N) is 2. The SMILES string of the molecule is O=C(NCc1ccccc1)C(c1cccc([N+](=O)[O-])c1)N(Cc1ccccc1)c1c(N(Cc2ccccc2)C(C(=O)NCc2ccccc2)c2cccc([N+](=O)[O-])c2)c(=O)c1=O. The quantitative estimate of drug-likeness (QED) is 0.0508. The summed E-state index contributed by atoms with van der Waals surface area (Å²) in [5.41, 5.74) is 0.142. The van der Waals surface area contributed by atoms with Crippen LogP contribution in [0.5, 0.6) is 0 Å². The number of hydrogen-bond donors (Lipinski definition) is 2. The van der Waals surface area contributed by atoms with Gasteiger partial charge in [0.25, 0.3) is 22.2 Å². The van der Waals surface area contributed by atoms with E-state index in [0.29, 0.717) is 11.1 Å². The highest BCUT2D eigenvalue weighted by Crippen LogP contribution is 2.39. The molecule has 2 atom stereocenters. The molecule has 0 aromatic heterocycles. The van der Waals surface area contributed by atoms with Crippen LogP contribution in [-0.2, 0) is 35.8 Å². The fourth-order valence-corrected chi connectivity index (χ4v) is 7.39. The van der Waals surface area contributed by atoms with E-state index in [1.807, 2.05) is 60.7 Å². The summed E-state index contributed by atoms with van der Waals surface area (Å²) in [5.74, 6) is -1.26. The number of nitrogens with zero attached hydrogens (tertiary/aromatic N) is 4. The molecule has 62 heavy (non-hydrogen) atoms. The van der Waals surface area contributed by atoms with Crippen LogP contribution in [0.4, 0.5) is 22.7 Å². The topological polar surface area (TPSA) is 185 Å². The zero-order chi connectivity index (χ0) is 43.6. The number of nitro benzene ring substituents is 2. The Hall–Kier alpha value is -8.26. The van der Waals surface area contributed by atoms with E-state index in [-0.39, 0.29) is 60.1 Å². The zero-order valence-corrected chi connectivity index (χ0v) is 33.2. The third-order valence-electron chi connectivity index (χ3n) is 10.4. The Morgan fingerprint density at radius 3 is 1.11 bits per heavy atom. The summed E-state index contributed by atoms with van der Waals surface area (Å²) in [4.78, 5) is 84.1. The molecule has 0 saturated heterocycles. The van der Waals surface area contributed by atoms with Gasteiger partial charge in [-0.15, -0.1) is 0 Å². The molecule has 0 aliphatic heterocycles. The van der Waals surface area contributed by atoms with Crippen molar-refractivity contribution in [3.05, 3.63) is 244 Å². The van der Waals surface area contributed by atoms with Crippen LogP contribution in [0.25, 0.3) is 0 Å². The Bertz CT molecular complexity index is 2570. The molecule has 0 spiro atoms. The molecular formula is C48H40N6O8. The van der Waals surface area contributed by atoms with Crippen LogP contribution in [0, 0.1) is 20.2 Å². The molecule has 2 unspecified atom stereocenters. The second-order valence-electron chi connectivity index (χ2n) is 14.5. The molecule has 310 valence electrons. The minimum absolute atomic E-state index is 0.0691. The molecule has 7 aromatic rings. The van der Waals surface area contributed by atoms with E-state index < -0.39 is 44.6 Å². The van der Waals surface area contributed by atoms with Gasteiger partial charge in [-0.05, 0) is 33.4 Å². The van der Waals surface area contributed by atoms with Crippen molar-refractivity contribution >= 4 is 34.6 Å². The van der Waals surface area contributed by atoms with Crippen LogP contribution in [0.2, 0.25) is 0 Å². The number of anilines is 2. The van der Waals surface area contributed by atoms with Crippen LogP contribution >= 0.6 is 0 Å². The van der Waals surface area contributed by atoms with Gasteiger partial charge in [0.2, 0.25) is 11.8 Å². The zero-order valence-electron chi connectivity index (χ0n) is 33.2. The van der Waals surface area contributed by atoms with Gasteiger partial charge in [0, 0.05) is 50.4 Å². The molecule has 7 aromatic carbocycles. The summed E-state index contributed by atoms with van der Waals surface area (Å²) < 4.78 is 0. The summed E-state index contributed by atoms with van der Waals surface area (Å²) in [6.45, 7) is -0.128. The van der Waals surface area contributed by atoms with Crippen LogP contribution in [-0.4, -0.2) is 21.7 Å². The van der Waals surface area contributed by atoms with Gasteiger partial charge in [-0.3, -0.25) is 39.4 Å². The molecule has 0 bridgehead atoms. The van der Waals surface area contributed by atoms with Crippen molar-refractivity contribution in [2.75, 3.05) is 9.80 Å². The Labute approximate surface area is 355 Å². The average molecular weight is 829 g/mol. The van der Waals surface area contributed by atoms with Gasteiger partial charge in [0.05, 0.1) is 9.85 Å². The summed E-state index contributed by atoms with van der Waals surface area (Å²) in [7, 11) is 0. The molecule has 2 amide bonds. The van der Waals surface area contributed by atoms with E-state index >= 15 is 0 Å². The maximum absolute atomic E-state index is 14.7. The van der Waals surface area contributed by atoms with Gasteiger partial charge in [-0.1, -0.05) is 146 Å². The second-order valence-corrected chi connectivity index (χ2v) is 14.5. The Morgan fingerprint density at radius 1 is 0.468 bits per heavy atom. The molecule has 0 heterocycles. The number of hydrogen-bond acceptors (Lipinski definition) is 10. The summed E-state index contributed by atoms with van der Waals surface area (Å²) >= 11 is 0. The largest absolute Gasteiger partial charge is 0.350 e. The third-order valence-corrected chi connectivity index (χ3v) is 10.4. The first-order valence-corrected chi connectivity index (χ1v) is 19.7. The highest BCUT2D eigenvalue weighted by atomic mass is 16.6. The Kier molecular flexibility index (Phi) is 13.0. The van der Waals surface area contributed by atoms with E-state index in [4.69, 9.17) is 0 Å². The maximum Gasteiger partial charge on any atom is 0.269 e. The van der Waals surface area contributed by atoms with Crippen molar-refractivity contribution in [3.8, 4) is 0 Å². The van der Waals surface area contributed by atoms with Gasteiger partial charge in [-0.25, -0.2) is 0 Å². The van der Waals surface area contributed by atoms with Crippen LogP contribution < -0.4 is 31.3 Å². The second kappa shape index (κ2) is 19.2. The third kappa shape index (κ3) is 9.61. The minimum atomic E-state index is -1.43. The predicted octanol–water partition coefficient (Wildman–Crippen LogP) is 7.23. The van der Waals surface area contributed by atoms with Crippen LogP contribution in [0.15, 0.2) is 179 Å². The molecular weight excluding hydrogens is 789 g/mol. The van der Waals surface area contributed by atoms with Crippen LogP contribution in [0.1, 0.15) is 45.5 Å². The summed E-state index contributed by atoms with van der Waals surface area (Å²) in [5, 5.41) is 30.1. The lowest BCUT2D eigenvalue weighted by atomic mass is 9.96. The van der Waals surface area contributed by atoms with Gasteiger partial charge in [0.15, 0.2) is 0 Å². The first-order chi connectivity index (χ1) is 30.1. The van der Waals surface area contributed by atoms with Crippen molar-refractivity contribution in [1.82, 2.24) is 10.6 Å². The first kappa shape index (κ1) is 41.9.